The molecule has 0 radical (unpaired) electrons. The number of nitrogens with zero attached hydrogens (tertiary/aromatic N) is 2. The summed E-state index contributed by atoms with van der Waals surface area (Å²) >= 11 is 5.29. The van der Waals surface area contributed by atoms with Crippen LogP contribution in [0, 0.1) is 12.9 Å². The van der Waals surface area contributed by atoms with Gasteiger partial charge in [0.15, 0.2) is 0 Å². The minimum absolute atomic E-state index is 0.0486. The van der Waals surface area contributed by atoms with Crippen LogP contribution in [0.5, 0.6) is 0 Å². The fraction of sp³-hybridized carbons (Fsp3) is 0.200. The second-order valence-electron chi connectivity index (χ2n) is 1.60. The first-order valence-electron chi connectivity index (χ1n) is 2.35. The lowest BCUT2D eigenvalue weighted by atomic mass is 10.5. The molecular weight excluding hydrogens is 143 g/mol. The molecule has 0 N–H and O–H groups in total. The van der Waals surface area contributed by atoms with Gasteiger partial charge in [0.05, 0.1) is 0 Å². The van der Waals surface area contributed by atoms with Gasteiger partial charge in [-0.15, -0.1) is 0 Å². The first-order chi connectivity index (χ1) is 4.18. The van der Waals surface area contributed by atoms with Gasteiger partial charge in [-0.2, -0.15) is 9.37 Å². The zero-order valence-corrected chi connectivity index (χ0v) is 5.48. The van der Waals surface area contributed by atoms with Crippen molar-refractivity contribution in [2.45, 2.75) is 6.92 Å². The first kappa shape index (κ1) is 6.42. The third kappa shape index (κ3) is 1.61. The Bertz CT molecular complexity index is 176. The maximum absolute atomic E-state index is 12.2. The van der Waals surface area contributed by atoms with Crippen molar-refractivity contribution >= 4 is 11.6 Å². The van der Waals surface area contributed by atoms with Crippen molar-refractivity contribution in [3.63, 3.8) is 0 Å². The lowest BCUT2D eigenvalue weighted by Crippen LogP contribution is -1.89. The normalized spacial score (nSPS) is 9.67. The highest BCUT2D eigenvalue weighted by Crippen LogP contribution is 2.02. The van der Waals surface area contributed by atoms with Crippen molar-refractivity contribution in [1.29, 1.82) is 0 Å². The van der Waals surface area contributed by atoms with E-state index >= 15 is 0 Å². The highest BCUT2D eigenvalue weighted by Gasteiger charge is 1.95. The van der Waals surface area contributed by atoms with E-state index in [0.29, 0.717) is 5.69 Å². The summed E-state index contributed by atoms with van der Waals surface area (Å²) in [5, 5.41) is -0.0486. The molecular formula is C5H4ClFN2. The van der Waals surface area contributed by atoms with E-state index in [4.69, 9.17) is 11.6 Å². The average Bonchev–Trinajstić information content (AvgIpc) is 1.59. The molecule has 0 spiro atoms. The second-order valence-corrected chi connectivity index (χ2v) is 1.94. The molecule has 0 aliphatic carbocycles. The maximum Gasteiger partial charge on any atom is 0.225 e. The molecule has 9 heavy (non-hydrogen) atoms. The van der Waals surface area contributed by atoms with Gasteiger partial charge in [-0.3, -0.25) is 0 Å². The molecule has 0 unspecified atom stereocenters. The van der Waals surface area contributed by atoms with Gasteiger partial charge in [0.1, 0.15) is 0 Å². The Morgan fingerprint density at radius 2 is 2.22 bits per heavy atom. The van der Waals surface area contributed by atoms with E-state index in [2.05, 4.69) is 9.97 Å². The Hall–Kier alpha value is -0.700. The van der Waals surface area contributed by atoms with Crippen LogP contribution in [-0.2, 0) is 0 Å². The number of rotatable bonds is 0. The summed E-state index contributed by atoms with van der Waals surface area (Å²) in [6, 6.07) is 1.21. The van der Waals surface area contributed by atoms with E-state index in [1.165, 1.54) is 6.07 Å². The molecule has 1 aromatic heterocycles. The molecule has 48 valence electrons. The summed E-state index contributed by atoms with van der Waals surface area (Å²) in [6.07, 6.45) is 0. The number of hydrogen-bond donors (Lipinski definition) is 0. The summed E-state index contributed by atoms with van der Waals surface area (Å²) in [7, 11) is 0. The van der Waals surface area contributed by atoms with Gasteiger partial charge >= 0.3 is 0 Å². The predicted octanol–water partition coefficient (Wildman–Crippen LogP) is 1.58. The lowest BCUT2D eigenvalue weighted by molar-refractivity contribution is 0.577. The van der Waals surface area contributed by atoms with Gasteiger partial charge in [-0.25, -0.2) is 4.98 Å². The highest BCUT2D eigenvalue weighted by molar-refractivity contribution is 6.28. The van der Waals surface area contributed by atoms with E-state index < -0.39 is 5.95 Å². The van der Waals surface area contributed by atoms with Crippen LogP contribution in [0.3, 0.4) is 0 Å². The van der Waals surface area contributed by atoms with Crippen molar-refractivity contribution in [3.05, 3.63) is 23.0 Å². The fourth-order valence-electron chi connectivity index (χ4n) is 0.496. The highest BCUT2D eigenvalue weighted by atomic mass is 35.5. The third-order valence-corrected chi connectivity index (χ3v) is 0.965. The van der Waals surface area contributed by atoms with E-state index in [1.54, 1.807) is 6.92 Å². The average molecular weight is 147 g/mol. The summed E-state index contributed by atoms with van der Waals surface area (Å²) in [5.41, 5.74) is 0.535. The van der Waals surface area contributed by atoms with Crippen LogP contribution >= 0.6 is 11.6 Å². The summed E-state index contributed by atoms with van der Waals surface area (Å²) in [4.78, 5) is 6.87. The minimum atomic E-state index is -0.590. The number of halogens is 2. The lowest BCUT2D eigenvalue weighted by Gasteiger charge is -1.90. The zero-order chi connectivity index (χ0) is 6.85. The molecule has 2 nitrogen and oxygen atoms in total. The van der Waals surface area contributed by atoms with Gasteiger partial charge < -0.3 is 0 Å². The van der Waals surface area contributed by atoms with Crippen molar-refractivity contribution in [2.24, 2.45) is 0 Å². The Labute approximate surface area is 56.7 Å². The Morgan fingerprint density at radius 3 is 2.67 bits per heavy atom. The van der Waals surface area contributed by atoms with Crippen molar-refractivity contribution in [1.82, 2.24) is 9.97 Å². The van der Waals surface area contributed by atoms with Crippen LogP contribution in [-0.4, -0.2) is 9.97 Å². The molecule has 4 heteroatoms. The van der Waals surface area contributed by atoms with Crippen LogP contribution in [0.2, 0.25) is 5.28 Å². The maximum atomic E-state index is 12.2. The zero-order valence-electron chi connectivity index (χ0n) is 4.73. The number of hydrogen-bond acceptors (Lipinski definition) is 2. The molecule has 0 atom stereocenters. The van der Waals surface area contributed by atoms with Crippen molar-refractivity contribution in [2.75, 3.05) is 0 Å². The standard InChI is InChI=1S/C5H4ClFN2/c1-3-2-4(7)9-5(6)8-3/h2H,1H3. The Balaban J connectivity index is 3.17. The molecule has 0 saturated carbocycles. The van der Waals surface area contributed by atoms with Gasteiger partial charge in [0, 0.05) is 11.8 Å². The quantitative estimate of drug-likeness (QED) is 0.410. The van der Waals surface area contributed by atoms with Crippen molar-refractivity contribution < 1.29 is 4.39 Å². The van der Waals surface area contributed by atoms with E-state index in [9.17, 15) is 4.39 Å². The van der Waals surface area contributed by atoms with Gasteiger partial charge in [-0.05, 0) is 18.5 Å². The topological polar surface area (TPSA) is 25.8 Å². The van der Waals surface area contributed by atoms with E-state index in [-0.39, 0.29) is 5.28 Å². The summed E-state index contributed by atoms with van der Waals surface area (Å²) < 4.78 is 12.2. The summed E-state index contributed by atoms with van der Waals surface area (Å²) in [5.74, 6) is -0.590. The largest absolute Gasteiger partial charge is 0.225 e. The van der Waals surface area contributed by atoms with Crippen LogP contribution in [0.4, 0.5) is 4.39 Å². The Kier molecular flexibility index (Phi) is 1.62. The Morgan fingerprint density at radius 1 is 1.56 bits per heavy atom. The molecule has 0 aliphatic rings. The molecule has 0 aliphatic heterocycles. The van der Waals surface area contributed by atoms with Gasteiger partial charge in [-0.1, -0.05) is 0 Å². The molecule has 1 rings (SSSR count). The van der Waals surface area contributed by atoms with Crippen molar-refractivity contribution in [3.8, 4) is 0 Å². The molecule has 0 aromatic carbocycles. The van der Waals surface area contributed by atoms with Crippen LogP contribution in [0.1, 0.15) is 5.69 Å². The minimum Gasteiger partial charge on any atom is -0.223 e. The molecule has 1 heterocycles. The van der Waals surface area contributed by atoms with Crippen LogP contribution < -0.4 is 0 Å². The molecule has 1 aromatic rings. The fourth-order valence-corrected chi connectivity index (χ4v) is 0.710. The van der Waals surface area contributed by atoms with Gasteiger partial charge in [0.25, 0.3) is 0 Å². The molecule has 0 amide bonds. The molecule has 0 fully saturated rings. The SMILES string of the molecule is Cc1cc(F)nc(Cl)n1. The molecule has 0 bridgehead atoms. The summed E-state index contributed by atoms with van der Waals surface area (Å²) in [6.45, 7) is 1.65. The number of aromatic nitrogens is 2. The third-order valence-electron chi connectivity index (χ3n) is 0.796. The van der Waals surface area contributed by atoms with Crippen LogP contribution in [0.25, 0.3) is 0 Å². The predicted molar refractivity (Wildman–Crippen MR) is 31.7 cm³/mol. The first-order valence-corrected chi connectivity index (χ1v) is 2.73. The molecule has 0 saturated heterocycles. The monoisotopic (exact) mass is 146 g/mol. The van der Waals surface area contributed by atoms with E-state index in [0.717, 1.165) is 0 Å². The van der Waals surface area contributed by atoms with Gasteiger partial charge in [0.2, 0.25) is 11.2 Å². The second kappa shape index (κ2) is 2.27. The van der Waals surface area contributed by atoms with E-state index in [1.807, 2.05) is 0 Å². The van der Waals surface area contributed by atoms with Crippen LogP contribution in [0.15, 0.2) is 6.07 Å². The smallest absolute Gasteiger partial charge is 0.223 e. The number of aryl methyl sites for hydroxylation is 1.